The van der Waals surface area contributed by atoms with Gasteiger partial charge in [-0.15, -0.1) is 0 Å². The van der Waals surface area contributed by atoms with Crippen molar-refractivity contribution in [3.63, 3.8) is 0 Å². The monoisotopic (exact) mass is 677 g/mol. The van der Waals surface area contributed by atoms with Crippen molar-refractivity contribution in [2.45, 2.75) is 0 Å². The van der Waals surface area contributed by atoms with E-state index in [9.17, 15) is 0 Å². The fourth-order valence-electron chi connectivity index (χ4n) is 8.61. The number of benzene rings is 8. The second-order valence-electron chi connectivity index (χ2n) is 13.7. The van der Waals surface area contributed by atoms with Gasteiger partial charge in [0.1, 0.15) is 11.5 Å². The summed E-state index contributed by atoms with van der Waals surface area (Å²) >= 11 is 0. The maximum Gasteiger partial charge on any atom is 0.256 e. The number of para-hydroxylation sites is 5. The van der Waals surface area contributed by atoms with Gasteiger partial charge in [-0.25, -0.2) is 0 Å². The molecule has 2 aliphatic rings. The Morgan fingerprint density at radius 3 is 1.55 bits per heavy atom. The summed E-state index contributed by atoms with van der Waals surface area (Å²) in [7, 11) is 0. The maximum atomic E-state index is 6.66. The highest BCUT2D eigenvalue weighted by molar-refractivity contribution is 6.99. The van der Waals surface area contributed by atoms with Gasteiger partial charge in [-0.3, -0.25) is 0 Å². The minimum atomic E-state index is 0.00316. The molecule has 0 unspecified atom stereocenters. The van der Waals surface area contributed by atoms with E-state index < -0.39 is 0 Å². The molecule has 2 aliphatic heterocycles. The molecule has 11 rings (SSSR count). The van der Waals surface area contributed by atoms with Crippen LogP contribution in [0.3, 0.4) is 0 Å². The van der Waals surface area contributed by atoms with Crippen molar-refractivity contribution in [2.24, 2.45) is 0 Å². The number of ether oxygens (including phenoxy) is 1. The summed E-state index contributed by atoms with van der Waals surface area (Å²) in [5.41, 5.74) is 13.9. The Balaban J connectivity index is 1.26. The van der Waals surface area contributed by atoms with E-state index in [-0.39, 0.29) is 6.71 Å². The number of hydrogen-bond acceptors (Lipinski definition) is 3. The van der Waals surface area contributed by atoms with Crippen molar-refractivity contribution >= 4 is 79.0 Å². The van der Waals surface area contributed by atoms with Crippen molar-refractivity contribution < 1.29 is 4.74 Å². The van der Waals surface area contributed by atoms with Crippen LogP contribution < -0.4 is 30.9 Å². The third-order valence-electron chi connectivity index (χ3n) is 10.8. The van der Waals surface area contributed by atoms with Crippen LogP contribution in [0.5, 0.6) is 11.5 Å². The highest BCUT2D eigenvalue weighted by Gasteiger charge is 2.40. The van der Waals surface area contributed by atoms with Gasteiger partial charge in [0.15, 0.2) is 0 Å². The van der Waals surface area contributed by atoms with Crippen LogP contribution in [0, 0.1) is 0 Å². The molecule has 0 N–H and O–H groups in total. The summed E-state index contributed by atoms with van der Waals surface area (Å²) < 4.78 is 9.14. The second kappa shape index (κ2) is 11.8. The number of rotatable bonds is 6. The van der Waals surface area contributed by atoms with Crippen LogP contribution in [-0.2, 0) is 0 Å². The van der Waals surface area contributed by atoms with E-state index in [1.807, 2.05) is 0 Å². The van der Waals surface area contributed by atoms with Crippen LogP contribution in [0.15, 0.2) is 194 Å². The molecule has 53 heavy (non-hydrogen) atoms. The molecule has 8 aromatic carbocycles. The van der Waals surface area contributed by atoms with Crippen LogP contribution in [0.1, 0.15) is 0 Å². The summed E-state index contributed by atoms with van der Waals surface area (Å²) in [5.74, 6) is 1.83. The summed E-state index contributed by atoms with van der Waals surface area (Å²) in [6.45, 7) is 0.00316. The number of nitrogens with zero attached hydrogens (tertiary/aromatic N) is 3. The first-order valence-corrected chi connectivity index (χ1v) is 18.1. The topological polar surface area (TPSA) is 20.6 Å². The second-order valence-corrected chi connectivity index (χ2v) is 13.7. The average molecular weight is 678 g/mol. The SMILES string of the molecule is c1ccc(N(c2ccccc2)c2ccc3c(c2)c2cc(N(c4ccccc4)c4ccccc4)cc4c2n3-c2cccc3c2B4c2ccccc2O3)cc1. The van der Waals surface area contributed by atoms with Crippen LogP contribution >= 0.6 is 0 Å². The molecular formula is C48H32BN3O. The zero-order valence-electron chi connectivity index (χ0n) is 28.8. The van der Waals surface area contributed by atoms with E-state index in [2.05, 4.69) is 208 Å². The molecule has 9 aromatic rings. The number of anilines is 6. The number of aromatic nitrogens is 1. The molecule has 4 nitrogen and oxygen atoms in total. The molecule has 1 aromatic heterocycles. The predicted molar refractivity (Wildman–Crippen MR) is 221 cm³/mol. The first-order valence-electron chi connectivity index (χ1n) is 18.1. The average Bonchev–Trinajstić information content (AvgIpc) is 3.55. The fourth-order valence-corrected chi connectivity index (χ4v) is 8.61. The summed E-state index contributed by atoms with van der Waals surface area (Å²) in [6, 6.07) is 69.5. The molecule has 0 aliphatic carbocycles. The normalized spacial score (nSPS) is 12.3. The van der Waals surface area contributed by atoms with Gasteiger partial charge >= 0.3 is 0 Å². The van der Waals surface area contributed by atoms with Crippen molar-refractivity contribution in [3.05, 3.63) is 194 Å². The fraction of sp³-hybridized carbons (Fsp3) is 0. The molecule has 0 spiro atoms. The van der Waals surface area contributed by atoms with Crippen molar-refractivity contribution in [1.29, 1.82) is 0 Å². The molecule has 0 amide bonds. The standard InChI is InChI=1S/C48H32BN3O/c1-5-16-33(17-6-1)50(34-18-7-2-8-19-34)37-28-29-43-39(30-37)40-31-38(51(35-20-9-3-10-21-35)36-22-11-4-12-23-36)32-42-48(40)52(43)44-25-15-27-46-47(44)49(42)41-24-13-14-26-45(41)53-46/h1-32H. The Labute approximate surface area is 308 Å². The Morgan fingerprint density at radius 2 is 0.925 bits per heavy atom. The minimum absolute atomic E-state index is 0.00316. The van der Waals surface area contributed by atoms with E-state index in [1.54, 1.807) is 0 Å². The van der Waals surface area contributed by atoms with E-state index >= 15 is 0 Å². The molecule has 3 heterocycles. The molecule has 0 fully saturated rings. The van der Waals surface area contributed by atoms with Gasteiger partial charge in [-0.05, 0) is 113 Å². The van der Waals surface area contributed by atoms with Gasteiger partial charge in [0.25, 0.3) is 6.71 Å². The Hall–Kier alpha value is -6.98. The maximum absolute atomic E-state index is 6.66. The number of fused-ring (bicyclic) bond motifs is 7. The van der Waals surface area contributed by atoms with Crippen molar-refractivity contribution in [1.82, 2.24) is 4.57 Å². The summed E-state index contributed by atoms with van der Waals surface area (Å²) in [4.78, 5) is 4.73. The lowest BCUT2D eigenvalue weighted by Gasteiger charge is -2.34. The Morgan fingerprint density at radius 1 is 0.396 bits per heavy atom. The molecule has 0 saturated carbocycles. The van der Waals surface area contributed by atoms with Crippen LogP contribution in [-0.4, -0.2) is 11.3 Å². The highest BCUT2D eigenvalue weighted by atomic mass is 16.5. The van der Waals surface area contributed by atoms with E-state index in [1.165, 1.54) is 43.9 Å². The van der Waals surface area contributed by atoms with Gasteiger partial charge in [-0.1, -0.05) is 97.1 Å². The molecule has 248 valence electrons. The van der Waals surface area contributed by atoms with Crippen LogP contribution in [0.2, 0.25) is 0 Å². The van der Waals surface area contributed by atoms with E-state index in [4.69, 9.17) is 4.74 Å². The van der Waals surface area contributed by atoms with Crippen molar-refractivity contribution in [3.8, 4) is 17.2 Å². The van der Waals surface area contributed by atoms with Gasteiger partial charge in [0.2, 0.25) is 0 Å². The molecule has 0 atom stereocenters. The van der Waals surface area contributed by atoms with Gasteiger partial charge < -0.3 is 19.1 Å². The van der Waals surface area contributed by atoms with Crippen LogP contribution in [0.4, 0.5) is 34.1 Å². The van der Waals surface area contributed by atoms with E-state index in [0.29, 0.717) is 0 Å². The third kappa shape index (κ3) is 4.57. The van der Waals surface area contributed by atoms with E-state index in [0.717, 1.165) is 45.6 Å². The Kier molecular flexibility index (Phi) is 6.61. The van der Waals surface area contributed by atoms with Crippen LogP contribution in [0.25, 0.3) is 27.5 Å². The number of hydrogen-bond donors (Lipinski definition) is 0. The first kappa shape index (κ1) is 29.7. The molecule has 0 saturated heterocycles. The summed E-state index contributed by atoms with van der Waals surface area (Å²) in [6.07, 6.45) is 0. The molecule has 0 bridgehead atoms. The quantitative estimate of drug-likeness (QED) is 0.164. The third-order valence-corrected chi connectivity index (χ3v) is 10.8. The zero-order chi connectivity index (χ0) is 34.9. The zero-order valence-corrected chi connectivity index (χ0v) is 28.8. The lowest BCUT2D eigenvalue weighted by Crippen LogP contribution is -2.58. The van der Waals surface area contributed by atoms with Crippen molar-refractivity contribution in [2.75, 3.05) is 9.80 Å². The minimum Gasteiger partial charge on any atom is -0.458 e. The molecule has 0 radical (unpaired) electrons. The van der Waals surface area contributed by atoms with Gasteiger partial charge in [0, 0.05) is 56.1 Å². The lowest BCUT2D eigenvalue weighted by atomic mass is 9.34. The summed E-state index contributed by atoms with van der Waals surface area (Å²) in [5, 5.41) is 2.41. The largest absolute Gasteiger partial charge is 0.458 e. The van der Waals surface area contributed by atoms with Gasteiger partial charge in [-0.2, -0.15) is 0 Å². The Bertz CT molecular complexity index is 2740. The smallest absolute Gasteiger partial charge is 0.256 e. The lowest BCUT2D eigenvalue weighted by molar-refractivity contribution is 0.487. The van der Waals surface area contributed by atoms with Gasteiger partial charge in [0.05, 0.1) is 5.52 Å². The predicted octanol–water partition coefficient (Wildman–Crippen LogP) is 10.7. The first-order chi connectivity index (χ1) is 26.3. The molecule has 5 heteroatoms. The highest BCUT2D eigenvalue weighted by Crippen LogP contribution is 2.44. The molecular weight excluding hydrogens is 645 g/mol.